The van der Waals surface area contributed by atoms with Gasteiger partial charge in [0.15, 0.2) is 5.13 Å². The molecule has 0 amide bonds. The molecular formula is C15H20N2OS. The van der Waals surface area contributed by atoms with E-state index in [1.807, 2.05) is 18.3 Å². The minimum Gasteiger partial charge on any atom is -0.488 e. The Kier molecular flexibility index (Phi) is 4.80. The van der Waals surface area contributed by atoms with E-state index in [4.69, 9.17) is 4.74 Å². The largest absolute Gasteiger partial charge is 0.488 e. The summed E-state index contributed by atoms with van der Waals surface area (Å²) in [5, 5.41) is 4.15. The molecule has 0 radical (unpaired) electrons. The van der Waals surface area contributed by atoms with E-state index in [9.17, 15) is 0 Å². The second kappa shape index (κ2) is 6.57. The molecular weight excluding hydrogens is 256 g/mol. The molecule has 19 heavy (non-hydrogen) atoms. The van der Waals surface area contributed by atoms with Gasteiger partial charge in [0.25, 0.3) is 0 Å². The molecule has 0 unspecified atom stereocenters. The molecule has 0 saturated heterocycles. The van der Waals surface area contributed by atoms with Gasteiger partial charge in [-0.25, -0.2) is 4.98 Å². The first kappa shape index (κ1) is 13.9. The van der Waals surface area contributed by atoms with Gasteiger partial charge in [-0.1, -0.05) is 37.3 Å². The first-order chi connectivity index (χ1) is 9.19. The molecule has 1 heterocycles. The number of anilines is 1. The van der Waals surface area contributed by atoms with Crippen LogP contribution in [0.25, 0.3) is 0 Å². The summed E-state index contributed by atoms with van der Waals surface area (Å²) in [5.41, 5.74) is 1.33. The first-order valence-electron chi connectivity index (χ1n) is 6.60. The van der Waals surface area contributed by atoms with Crippen LogP contribution in [0.3, 0.4) is 0 Å². The fraction of sp³-hybridized carbons (Fsp3) is 0.400. The van der Waals surface area contributed by atoms with E-state index in [2.05, 4.69) is 43.2 Å². The molecule has 0 fully saturated rings. The van der Waals surface area contributed by atoms with Crippen molar-refractivity contribution in [3.05, 3.63) is 40.9 Å². The van der Waals surface area contributed by atoms with Gasteiger partial charge in [-0.2, -0.15) is 0 Å². The zero-order chi connectivity index (χ0) is 13.7. The number of thiazole rings is 1. The fourth-order valence-corrected chi connectivity index (χ4v) is 2.50. The van der Waals surface area contributed by atoms with Crippen molar-refractivity contribution in [1.29, 1.82) is 0 Å². The Morgan fingerprint density at radius 3 is 2.63 bits per heavy atom. The van der Waals surface area contributed by atoms with Gasteiger partial charge in [0.2, 0.25) is 0 Å². The van der Waals surface area contributed by atoms with Crippen LogP contribution < -0.4 is 10.1 Å². The molecule has 1 N–H and O–H groups in total. The van der Waals surface area contributed by atoms with Crippen LogP contribution in [0.4, 0.5) is 5.13 Å². The summed E-state index contributed by atoms with van der Waals surface area (Å²) in [5.74, 6) is 1.46. The third-order valence-electron chi connectivity index (χ3n) is 2.81. The lowest BCUT2D eigenvalue weighted by atomic mass is 10.0. The topological polar surface area (TPSA) is 34.2 Å². The highest BCUT2D eigenvalue weighted by Crippen LogP contribution is 2.22. The smallest absolute Gasteiger partial charge is 0.182 e. The summed E-state index contributed by atoms with van der Waals surface area (Å²) >= 11 is 1.64. The summed E-state index contributed by atoms with van der Waals surface area (Å²) < 4.78 is 5.76. The molecule has 0 bridgehead atoms. The minimum atomic E-state index is 0.554. The van der Waals surface area contributed by atoms with Gasteiger partial charge in [-0.05, 0) is 30.5 Å². The van der Waals surface area contributed by atoms with Crippen LogP contribution in [0.1, 0.15) is 37.1 Å². The van der Waals surface area contributed by atoms with Crippen molar-refractivity contribution in [2.75, 3.05) is 11.9 Å². The van der Waals surface area contributed by atoms with E-state index in [-0.39, 0.29) is 0 Å². The van der Waals surface area contributed by atoms with Crippen molar-refractivity contribution in [2.45, 2.75) is 33.3 Å². The lowest BCUT2D eigenvalue weighted by Gasteiger charge is -2.07. The van der Waals surface area contributed by atoms with Crippen molar-refractivity contribution < 1.29 is 4.74 Å². The fourth-order valence-electron chi connectivity index (χ4n) is 1.71. The van der Waals surface area contributed by atoms with E-state index >= 15 is 0 Å². The van der Waals surface area contributed by atoms with Crippen LogP contribution in [0.5, 0.6) is 5.75 Å². The predicted octanol–water partition coefficient (Wildman–Crippen LogP) is 4.28. The Hall–Kier alpha value is -1.55. The van der Waals surface area contributed by atoms with Crippen LogP contribution in [-0.2, 0) is 6.61 Å². The highest BCUT2D eigenvalue weighted by Gasteiger charge is 2.03. The Balaban J connectivity index is 1.90. The number of nitrogens with zero attached hydrogens (tertiary/aromatic N) is 1. The molecule has 0 aliphatic carbocycles. The molecule has 2 aromatic rings. The highest BCUT2D eigenvalue weighted by molar-refractivity contribution is 7.15. The van der Waals surface area contributed by atoms with E-state index in [1.165, 1.54) is 5.56 Å². The van der Waals surface area contributed by atoms with Crippen LogP contribution in [0.15, 0.2) is 30.5 Å². The van der Waals surface area contributed by atoms with E-state index in [0.717, 1.165) is 22.3 Å². The molecule has 0 saturated carbocycles. The van der Waals surface area contributed by atoms with Gasteiger partial charge in [-0.15, -0.1) is 0 Å². The van der Waals surface area contributed by atoms with Gasteiger partial charge in [-0.3, -0.25) is 0 Å². The third kappa shape index (κ3) is 3.96. The van der Waals surface area contributed by atoms with Crippen LogP contribution in [0, 0.1) is 0 Å². The maximum Gasteiger partial charge on any atom is 0.182 e. The van der Waals surface area contributed by atoms with E-state index in [0.29, 0.717) is 12.5 Å². The molecule has 4 heteroatoms. The first-order valence-corrected chi connectivity index (χ1v) is 7.42. The zero-order valence-corrected chi connectivity index (χ0v) is 12.5. The number of rotatable bonds is 6. The maximum atomic E-state index is 5.76. The Bertz CT molecular complexity index is 505. The van der Waals surface area contributed by atoms with Crippen molar-refractivity contribution in [3.8, 4) is 5.75 Å². The number of hydrogen-bond acceptors (Lipinski definition) is 4. The van der Waals surface area contributed by atoms with Gasteiger partial charge < -0.3 is 10.1 Å². The van der Waals surface area contributed by atoms with Crippen molar-refractivity contribution in [1.82, 2.24) is 4.98 Å². The minimum absolute atomic E-state index is 0.554. The normalized spacial score (nSPS) is 10.7. The average Bonchev–Trinajstić information content (AvgIpc) is 2.85. The van der Waals surface area contributed by atoms with Gasteiger partial charge in [0.1, 0.15) is 12.4 Å². The highest BCUT2D eigenvalue weighted by atomic mass is 32.1. The molecule has 102 valence electrons. The third-order valence-corrected chi connectivity index (χ3v) is 3.74. The average molecular weight is 276 g/mol. The maximum absolute atomic E-state index is 5.76. The second-order valence-electron chi connectivity index (χ2n) is 4.67. The summed E-state index contributed by atoms with van der Waals surface area (Å²) in [4.78, 5) is 5.41. The molecule has 0 spiro atoms. The number of hydrogen-bond donors (Lipinski definition) is 1. The number of nitrogens with one attached hydrogen (secondary N) is 1. The Morgan fingerprint density at radius 2 is 2.00 bits per heavy atom. The molecule has 1 aromatic heterocycles. The van der Waals surface area contributed by atoms with E-state index < -0.39 is 0 Å². The number of aromatic nitrogens is 1. The number of benzene rings is 1. The monoisotopic (exact) mass is 276 g/mol. The summed E-state index contributed by atoms with van der Waals surface area (Å²) in [6, 6.07) is 8.30. The molecule has 0 aliphatic rings. The summed E-state index contributed by atoms with van der Waals surface area (Å²) in [7, 11) is 0. The Labute approximate surface area is 118 Å². The van der Waals surface area contributed by atoms with Gasteiger partial charge in [0.05, 0.1) is 4.88 Å². The number of ether oxygens (including phenoxy) is 1. The standard InChI is InChI=1S/C15H20N2OS/c1-4-16-15-17-9-14(19-15)10-18-13-7-5-12(6-8-13)11(2)3/h5-9,11H,4,10H2,1-3H3,(H,16,17). The van der Waals surface area contributed by atoms with Crippen LogP contribution in [0.2, 0.25) is 0 Å². The second-order valence-corrected chi connectivity index (χ2v) is 5.79. The van der Waals surface area contributed by atoms with Crippen molar-refractivity contribution in [3.63, 3.8) is 0 Å². The quantitative estimate of drug-likeness (QED) is 0.855. The Morgan fingerprint density at radius 1 is 1.26 bits per heavy atom. The zero-order valence-electron chi connectivity index (χ0n) is 11.6. The predicted molar refractivity (Wildman–Crippen MR) is 81.1 cm³/mol. The SMILES string of the molecule is CCNc1ncc(COc2ccc(C(C)C)cc2)s1. The van der Waals surface area contributed by atoms with Crippen LogP contribution in [-0.4, -0.2) is 11.5 Å². The summed E-state index contributed by atoms with van der Waals surface area (Å²) in [6.07, 6.45) is 1.87. The molecule has 1 aromatic carbocycles. The molecule has 3 nitrogen and oxygen atoms in total. The van der Waals surface area contributed by atoms with Crippen molar-refractivity contribution >= 4 is 16.5 Å². The lowest BCUT2D eigenvalue weighted by Crippen LogP contribution is -1.94. The van der Waals surface area contributed by atoms with Gasteiger partial charge >= 0.3 is 0 Å². The van der Waals surface area contributed by atoms with Crippen molar-refractivity contribution in [2.24, 2.45) is 0 Å². The lowest BCUT2D eigenvalue weighted by molar-refractivity contribution is 0.309. The molecule has 0 atom stereocenters. The van der Waals surface area contributed by atoms with E-state index in [1.54, 1.807) is 11.3 Å². The molecule has 2 rings (SSSR count). The van der Waals surface area contributed by atoms with Crippen LogP contribution >= 0.6 is 11.3 Å². The summed E-state index contributed by atoms with van der Waals surface area (Å²) in [6.45, 7) is 7.91. The molecule has 0 aliphatic heterocycles. The van der Waals surface area contributed by atoms with Gasteiger partial charge in [0, 0.05) is 12.7 Å².